The molecule has 0 bridgehead atoms. The average molecular weight is 590 g/mol. The van der Waals surface area contributed by atoms with Gasteiger partial charge in [-0.3, -0.25) is 24.2 Å². The molecule has 4 atom stereocenters. The number of nitrogens with two attached hydrogens (primary N) is 1. The Balaban J connectivity index is 1.80. The summed E-state index contributed by atoms with van der Waals surface area (Å²) in [6, 6.07) is 0.410. The summed E-state index contributed by atoms with van der Waals surface area (Å²) in [5, 5.41) is 45.4. The zero-order valence-corrected chi connectivity index (χ0v) is 25.2. The van der Waals surface area contributed by atoms with Crippen molar-refractivity contribution in [1.82, 2.24) is 9.80 Å². The highest BCUT2D eigenvalue weighted by atomic mass is 35.5. The lowest BCUT2D eigenvalue weighted by molar-refractivity contribution is -0.148. The summed E-state index contributed by atoms with van der Waals surface area (Å²) >= 11 is 6.89. The van der Waals surface area contributed by atoms with Crippen LogP contribution in [-0.2, 0) is 22.6 Å². The first kappa shape index (κ1) is 31.0. The second-order valence-electron chi connectivity index (χ2n) is 12.9. The van der Waals surface area contributed by atoms with Crippen LogP contribution in [0.3, 0.4) is 0 Å². The van der Waals surface area contributed by atoms with Crippen LogP contribution in [0.4, 0.5) is 0 Å². The monoisotopic (exact) mass is 589 g/mol. The molecule has 0 spiro atoms. The van der Waals surface area contributed by atoms with Crippen molar-refractivity contribution in [2.75, 3.05) is 27.2 Å². The second kappa shape index (κ2) is 10.7. The number of primary amides is 1. The van der Waals surface area contributed by atoms with Crippen LogP contribution >= 0.6 is 11.6 Å². The summed E-state index contributed by atoms with van der Waals surface area (Å²) in [6.07, 6.45) is 1.13. The molecule has 3 aliphatic rings. The minimum absolute atomic E-state index is 0.0136. The fraction of sp³-hybridized carbons (Fsp3) is 0.567. The van der Waals surface area contributed by atoms with Gasteiger partial charge in [0.15, 0.2) is 11.4 Å². The summed E-state index contributed by atoms with van der Waals surface area (Å²) < 4.78 is 0. The van der Waals surface area contributed by atoms with E-state index in [4.69, 9.17) is 17.3 Å². The zero-order valence-electron chi connectivity index (χ0n) is 24.4. The summed E-state index contributed by atoms with van der Waals surface area (Å²) in [5.41, 5.74) is 2.83. The number of hydrogen-bond acceptors (Lipinski definition) is 9. The first-order valence-corrected chi connectivity index (χ1v) is 14.2. The highest BCUT2D eigenvalue weighted by Crippen LogP contribution is 2.53. The van der Waals surface area contributed by atoms with Gasteiger partial charge in [-0.25, -0.2) is 0 Å². The molecule has 0 fully saturated rings. The van der Waals surface area contributed by atoms with E-state index >= 15 is 0 Å². The Bertz CT molecular complexity index is 1380. The van der Waals surface area contributed by atoms with Crippen LogP contribution in [0.25, 0.3) is 0 Å². The highest BCUT2D eigenvalue weighted by molar-refractivity contribution is 6.33. The molecule has 0 aliphatic heterocycles. The molecular formula is C30H40ClN3O7. The van der Waals surface area contributed by atoms with Gasteiger partial charge in [0.1, 0.15) is 22.8 Å². The number of nitrogens with zero attached hydrogens (tertiary/aromatic N) is 2. The normalized spacial score (nSPS) is 26.4. The predicted molar refractivity (Wildman–Crippen MR) is 154 cm³/mol. The lowest BCUT2D eigenvalue weighted by Gasteiger charge is -2.50. The van der Waals surface area contributed by atoms with Crippen molar-refractivity contribution in [1.29, 1.82) is 0 Å². The number of Topliss-reactive ketones (excluding diaryl/α,β-unsaturated/α-hetero) is 2. The molecule has 0 unspecified atom stereocenters. The van der Waals surface area contributed by atoms with E-state index in [1.165, 1.54) is 11.0 Å². The summed E-state index contributed by atoms with van der Waals surface area (Å²) in [5.74, 6) is -6.83. The van der Waals surface area contributed by atoms with E-state index < -0.39 is 58.0 Å². The Hall–Kier alpha value is -2.92. The van der Waals surface area contributed by atoms with Crippen LogP contribution in [0.5, 0.6) is 5.75 Å². The van der Waals surface area contributed by atoms with Crippen molar-refractivity contribution in [2.45, 2.75) is 65.1 Å². The zero-order chi connectivity index (χ0) is 30.8. The number of carbonyl (C=O) groups is 3. The molecule has 1 aromatic carbocycles. The minimum atomic E-state index is -2.67. The van der Waals surface area contributed by atoms with E-state index in [-0.39, 0.29) is 35.1 Å². The van der Waals surface area contributed by atoms with Crippen molar-refractivity contribution < 1.29 is 34.8 Å². The summed E-state index contributed by atoms with van der Waals surface area (Å²) in [6.45, 7) is 10.6. The van der Waals surface area contributed by atoms with Gasteiger partial charge in [-0.05, 0) is 75.0 Å². The lowest BCUT2D eigenvalue weighted by Crippen LogP contribution is -2.63. The van der Waals surface area contributed by atoms with Crippen LogP contribution in [0.2, 0.25) is 5.02 Å². The number of carbonyl (C=O) groups excluding carboxylic acids is 3. The minimum Gasteiger partial charge on any atom is -0.510 e. The van der Waals surface area contributed by atoms with Gasteiger partial charge < -0.3 is 26.2 Å². The maximum Gasteiger partial charge on any atom is 0.255 e. The van der Waals surface area contributed by atoms with Gasteiger partial charge in [0.25, 0.3) is 5.91 Å². The molecule has 0 saturated carbocycles. The summed E-state index contributed by atoms with van der Waals surface area (Å²) in [7, 11) is 3.18. The van der Waals surface area contributed by atoms with E-state index in [0.717, 1.165) is 19.5 Å². The number of phenols is 1. The topological polar surface area (TPSA) is 165 Å². The Kier molecular flexibility index (Phi) is 8.12. The predicted octanol–water partition coefficient (Wildman–Crippen LogP) is 3.03. The standard InChI is InChI=1S/C30H40ClN3O7/c1-7-34(9-8-29(2,3)4)13-15-12-18(35)20-16(22(15)31)10-14-11-17-23(33(5)6)25(37)21(28(32)40)27(39)30(17,41)26(38)19(14)24(20)36/h12,14,17,23,35,37-38,41H,7-11,13H2,1-6H3,(H2,32,40)/t14-,17-,23-,30-/m0/s1. The molecule has 4 rings (SSSR count). The third kappa shape index (κ3) is 5.05. The van der Waals surface area contributed by atoms with Crippen molar-refractivity contribution in [3.8, 4) is 5.75 Å². The van der Waals surface area contributed by atoms with Crippen LogP contribution < -0.4 is 5.73 Å². The largest absolute Gasteiger partial charge is 0.510 e. The number of aliphatic hydroxyl groups is 3. The molecule has 1 amide bonds. The van der Waals surface area contributed by atoms with Crippen molar-refractivity contribution in [3.63, 3.8) is 0 Å². The Morgan fingerprint density at radius 1 is 1.20 bits per heavy atom. The molecule has 11 heteroatoms. The van der Waals surface area contributed by atoms with E-state index in [1.807, 2.05) is 6.92 Å². The van der Waals surface area contributed by atoms with Gasteiger partial charge in [-0.15, -0.1) is 0 Å². The van der Waals surface area contributed by atoms with Crippen molar-refractivity contribution >= 4 is 29.1 Å². The number of hydrogen-bond donors (Lipinski definition) is 5. The Labute approximate surface area is 245 Å². The number of fused-ring (bicyclic) bond motifs is 3. The number of phenolic OH excluding ortho intramolecular Hbond substituents is 1. The van der Waals surface area contributed by atoms with E-state index in [0.29, 0.717) is 22.7 Å². The maximum atomic E-state index is 13.8. The molecule has 0 radical (unpaired) electrons. The van der Waals surface area contributed by atoms with Gasteiger partial charge in [0.2, 0.25) is 5.78 Å². The van der Waals surface area contributed by atoms with Crippen LogP contribution in [-0.4, -0.2) is 86.5 Å². The molecular weight excluding hydrogens is 550 g/mol. The number of halogens is 1. The van der Waals surface area contributed by atoms with Gasteiger partial charge in [-0.2, -0.15) is 0 Å². The number of aliphatic hydroxyl groups excluding tert-OH is 2. The smallest absolute Gasteiger partial charge is 0.255 e. The highest BCUT2D eigenvalue weighted by Gasteiger charge is 2.63. The van der Waals surface area contributed by atoms with E-state index in [2.05, 4.69) is 25.7 Å². The number of allylic oxidation sites excluding steroid dienone is 1. The van der Waals surface area contributed by atoms with Gasteiger partial charge >= 0.3 is 0 Å². The van der Waals surface area contributed by atoms with Crippen LogP contribution in [0, 0.1) is 17.3 Å². The molecule has 3 aliphatic carbocycles. The first-order chi connectivity index (χ1) is 18.9. The van der Waals surface area contributed by atoms with E-state index in [1.54, 1.807) is 14.1 Å². The lowest BCUT2D eigenvalue weighted by atomic mass is 9.58. The molecule has 0 heterocycles. The SMILES string of the molecule is CCN(CCC(C)(C)C)Cc1cc(O)c2c(c1Cl)C[C@H]1C[C@H]3[C@H](N(C)C)C(O)=C(C(N)=O)C(=O)[C@@]3(O)C(O)=C1C2=O. The van der Waals surface area contributed by atoms with Gasteiger partial charge in [-0.1, -0.05) is 39.3 Å². The van der Waals surface area contributed by atoms with Gasteiger partial charge in [0, 0.05) is 23.1 Å². The third-order valence-electron chi connectivity index (χ3n) is 8.75. The molecule has 6 N–H and O–H groups in total. The molecule has 224 valence electrons. The number of ketones is 2. The molecule has 0 saturated heterocycles. The van der Waals surface area contributed by atoms with Crippen LogP contribution in [0.15, 0.2) is 28.7 Å². The molecule has 0 aromatic heterocycles. The summed E-state index contributed by atoms with van der Waals surface area (Å²) in [4.78, 5) is 43.1. The Morgan fingerprint density at radius 2 is 1.83 bits per heavy atom. The van der Waals surface area contributed by atoms with Crippen molar-refractivity contribution in [3.05, 3.63) is 50.4 Å². The molecule has 10 nitrogen and oxygen atoms in total. The molecule has 41 heavy (non-hydrogen) atoms. The fourth-order valence-electron chi connectivity index (χ4n) is 6.55. The number of rotatable bonds is 7. The number of benzene rings is 1. The first-order valence-electron chi connectivity index (χ1n) is 13.9. The number of likely N-dealkylation sites (N-methyl/N-ethyl adjacent to an activating group) is 1. The fourth-order valence-corrected chi connectivity index (χ4v) is 6.84. The van der Waals surface area contributed by atoms with Crippen LogP contribution in [0.1, 0.15) is 62.0 Å². The van der Waals surface area contributed by atoms with Crippen molar-refractivity contribution in [2.24, 2.45) is 23.0 Å². The quantitative estimate of drug-likeness (QED) is 0.301. The maximum absolute atomic E-state index is 13.8. The Morgan fingerprint density at radius 3 is 2.37 bits per heavy atom. The molecule has 1 aromatic rings. The van der Waals surface area contributed by atoms with E-state index in [9.17, 15) is 34.8 Å². The number of aromatic hydroxyl groups is 1. The third-order valence-corrected chi connectivity index (χ3v) is 9.22. The number of amides is 1. The van der Waals surface area contributed by atoms with Gasteiger partial charge in [0.05, 0.1) is 11.6 Å². The average Bonchev–Trinajstić information content (AvgIpc) is 2.85. The second-order valence-corrected chi connectivity index (χ2v) is 13.2.